The summed E-state index contributed by atoms with van der Waals surface area (Å²) in [6.07, 6.45) is 0. The number of hydrogen-bond acceptors (Lipinski definition) is 2. The topological polar surface area (TPSA) is 35.2 Å². The molecule has 2 N–H and O–H groups in total. The molecule has 0 aliphatic rings. The molecule has 1 rings (SSSR count). The van der Waals surface area contributed by atoms with E-state index in [0.717, 1.165) is 16.9 Å². The van der Waals surface area contributed by atoms with Crippen molar-refractivity contribution in [1.29, 1.82) is 0 Å². The van der Waals surface area contributed by atoms with Crippen LogP contribution < -0.4 is 10.5 Å². The minimum atomic E-state index is -0.490. The van der Waals surface area contributed by atoms with Crippen LogP contribution in [0.5, 0.6) is 5.75 Å². The largest absolute Gasteiger partial charge is 0.496 e. The van der Waals surface area contributed by atoms with Crippen LogP contribution in [0.2, 0.25) is 5.02 Å². The van der Waals surface area contributed by atoms with E-state index in [9.17, 15) is 0 Å². The van der Waals surface area contributed by atoms with Crippen molar-refractivity contribution in [2.24, 2.45) is 5.73 Å². The Morgan fingerprint density at radius 3 is 2.36 bits per heavy atom. The van der Waals surface area contributed by atoms with Gasteiger partial charge in [0.15, 0.2) is 0 Å². The van der Waals surface area contributed by atoms with Crippen molar-refractivity contribution >= 4 is 11.6 Å². The van der Waals surface area contributed by atoms with Gasteiger partial charge in [-0.2, -0.15) is 0 Å². The van der Waals surface area contributed by atoms with Crippen molar-refractivity contribution in [3.05, 3.63) is 28.3 Å². The van der Waals surface area contributed by atoms with Crippen LogP contribution in [0, 0.1) is 6.92 Å². The Labute approximate surface area is 90.0 Å². The van der Waals surface area contributed by atoms with Crippen LogP contribution >= 0.6 is 11.6 Å². The van der Waals surface area contributed by atoms with Crippen LogP contribution in [-0.4, -0.2) is 7.11 Å². The molecule has 1 aromatic carbocycles. The zero-order valence-corrected chi connectivity index (χ0v) is 9.77. The number of aryl methyl sites for hydroxylation is 1. The fourth-order valence-electron chi connectivity index (χ4n) is 1.50. The molecule has 0 amide bonds. The number of nitrogens with two attached hydrogens (primary N) is 1. The molecule has 0 spiro atoms. The van der Waals surface area contributed by atoms with Crippen LogP contribution in [0.3, 0.4) is 0 Å². The van der Waals surface area contributed by atoms with E-state index in [1.807, 2.05) is 32.9 Å². The molecular weight excluding hydrogens is 198 g/mol. The third-order valence-corrected chi connectivity index (χ3v) is 2.36. The van der Waals surface area contributed by atoms with Gasteiger partial charge in [0.25, 0.3) is 0 Å². The summed E-state index contributed by atoms with van der Waals surface area (Å²) in [7, 11) is 1.63. The lowest BCUT2D eigenvalue weighted by atomic mass is 9.93. The number of halogens is 1. The first-order valence-electron chi connectivity index (χ1n) is 4.49. The highest BCUT2D eigenvalue weighted by Gasteiger charge is 2.22. The maximum Gasteiger partial charge on any atom is 0.125 e. The molecular formula is C11H16ClNO. The number of benzene rings is 1. The van der Waals surface area contributed by atoms with Gasteiger partial charge in [0.05, 0.1) is 7.11 Å². The van der Waals surface area contributed by atoms with Gasteiger partial charge >= 0.3 is 0 Å². The Hall–Kier alpha value is -0.730. The second kappa shape index (κ2) is 3.79. The highest BCUT2D eigenvalue weighted by Crippen LogP contribution is 2.35. The molecule has 0 aromatic heterocycles. The molecule has 0 radical (unpaired) electrons. The third kappa shape index (κ3) is 2.20. The number of rotatable bonds is 2. The van der Waals surface area contributed by atoms with Gasteiger partial charge in [-0.1, -0.05) is 11.6 Å². The predicted octanol–water partition coefficient (Wildman–Crippen LogP) is 2.85. The molecule has 14 heavy (non-hydrogen) atoms. The molecule has 0 saturated carbocycles. The minimum Gasteiger partial charge on any atom is -0.496 e. The van der Waals surface area contributed by atoms with Crippen molar-refractivity contribution in [2.75, 3.05) is 7.11 Å². The van der Waals surface area contributed by atoms with Crippen molar-refractivity contribution in [3.8, 4) is 5.75 Å². The molecule has 0 atom stereocenters. The predicted molar refractivity (Wildman–Crippen MR) is 60.0 cm³/mol. The van der Waals surface area contributed by atoms with Gasteiger partial charge in [0.1, 0.15) is 5.75 Å². The molecule has 0 bridgehead atoms. The normalized spacial score (nSPS) is 11.6. The van der Waals surface area contributed by atoms with Crippen molar-refractivity contribution in [2.45, 2.75) is 26.3 Å². The summed E-state index contributed by atoms with van der Waals surface area (Å²) < 4.78 is 5.27. The summed E-state index contributed by atoms with van der Waals surface area (Å²) >= 11 is 6.14. The lowest BCUT2D eigenvalue weighted by molar-refractivity contribution is 0.394. The lowest BCUT2D eigenvalue weighted by Crippen LogP contribution is -2.29. The maximum atomic E-state index is 6.14. The first kappa shape index (κ1) is 11.3. The molecule has 0 unspecified atom stereocenters. The standard InChI is InChI=1S/C11H16ClNO/c1-7-5-8(12)10(11(2,3)13)9(6-7)14-4/h5-6H,13H2,1-4H3. The van der Waals surface area contributed by atoms with Crippen LogP contribution in [0.25, 0.3) is 0 Å². The van der Waals surface area contributed by atoms with Crippen molar-refractivity contribution < 1.29 is 4.74 Å². The molecule has 0 fully saturated rings. The van der Waals surface area contributed by atoms with Gasteiger partial charge in [-0.05, 0) is 38.5 Å². The molecule has 1 aromatic rings. The van der Waals surface area contributed by atoms with E-state index in [0.29, 0.717) is 5.02 Å². The van der Waals surface area contributed by atoms with Gasteiger partial charge in [-0.15, -0.1) is 0 Å². The van der Waals surface area contributed by atoms with Crippen molar-refractivity contribution in [3.63, 3.8) is 0 Å². The summed E-state index contributed by atoms with van der Waals surface area (Å²) in [6.45, 7) is 5.79. The summed E-state index contributed by atoms with van der Waals surface area (Å²) in [5.74, 6) is 0.752. The van der Waals surface area contributed by atoms with E-state index in [4.69, 9.17) is 22.1 Å². The smallest absolute Gasteiger partial charge is 0.125 e. The van der Waals surface area contributed by atoms with E-state index in [1.165, 1.54) is 0 Å². The Kier molecular flexibility index (Phi) is 3.07. The zero-order valence-electron chi connectivity index (χ0n) is 9.02. The second-order valence-corrected chi connectivity index (χ2v) is 4.45. The van der Waals surface area contributed by atoms with Gasteiger partial charge in [-0.25, -0.2) is 0 Å². The van der Waals surface area contributed by atoms with E-state index in [2.05, 4.69) is 0 Å². The molecule has 2 nitrogen and oxygen atoms in total. The van der Waals surface area contributed by atoms with Gasteiger partial charge in [-0.3, -0.25) is 0 Å². The molecule has 0 heterocycles. The average Bonchev–Trinajstić information content (AvgIpc) is 1.99. The summed E-state index contributed by atoms with van der Waals surface area (Å²) in [4.78, 5) is 0. The quantitative estimate of drug-likeness (QED) is 0.820. The molecule has 0 aliphatic carbocycles. The molecule has 78 valence electrons. The second-order valence-electron chi connectivity index (χ2n) is 4.05. The maximum absolute atomic E-state index is 6.14. The first-order valence-corrected chi connectivity index (χ1v) is 4.87. The third-order valence-electron chi connectivity index (χ3n) is 2.06. The van der Waals surface area contributed by atoms with Crippen LogP contribution in [-0.2, 0) is 5.54 Å². The van der Waals surface area contributed by atoms with Gasteiger partial charge in [0.2, 0.25) is 0 Å². The first-order chi connectivity index (χ1) is 6.36. The highest BCUT2D eigenvalue weighted by molar-refractivity contribution is 6.31. The van der Waals surface area contributed by atoms with Gasteiger partial charge < -0.3 is 10.5 Å². The molecule has 0 saturated heterocycles. The van der Waals surface area contributed by atoms with Crippen LogP contribution in [0.4, 0.5) is 0 Å². The average molecular weight is 214 g/mol. The Morgan fingerprint density at radius 1 is 1.36 bits per heavy atom. The minimum absolute atomic E-state index is 0.490. The van der Waals surface area contributed by atoms with Crippen LogP contribution in [0.1, 0.15) is 25.0 Å². The van der Waals surface area contributed by atoms with E-state index in [-0.39, 0.29) is 0 Å². The van der Waals surface area contributed by atoms with Crippen molar-refractivity contribution in [1.82, 2.24) is 0 Å². The SMILES string of the molecule is COc1cc(C)cc(Cl)c1C(C)(C)N. The number of ether oxygens (including phenoxy) is 1. The Bertz CT molecular complexity index is 342. The monoisotopic (exact) mass is 213 g/mol. The zero-order chi connectivity index (χ0) is 10.9. The fraction of sp³-hybridized carbons (Fsp3) is 0.455. The summed E-state index contributed by atoms with van der Waals surface area (Å²) in [6, 6.07) is 3.84. The number of methoxy groups -OCH3 is 1. The summed E-state index contributed by atoms with van der Waals surface area (Å²) in [5, 5.41) is 0.661. The van der Waals surface area contributed by atoms with E-state index < -0.39 is 5.54 Å². The fourth-order valence-corrected chi connectivity index (χ4v) is 2.01. The lowest BCUT2D eigenvalue weighted by Gasteiger charge is -2.23. The molecule has 3 heteroatoms. The summed E-state index contributed by atoms with van der Waals surface area (Å²) in [5.41, 5.74) is 7.45. The Morgan fingerprint density at radius 2 is 1.93 bits per heavy atom. The van der Waals surface area contributed by atoms with E-state index >= 15 is 0 Å². The van der Waals surface area contributed by atoms with Gasteiger partial charge in [0, 0.05) is 16.1 Å². The number of hydrogen-bond donors (Lipinski definition) is 1. The Balaban J connectivity index is 3.40. The molecule has 0 aliphatic heterocycles. The van der Waals surface area contributed by atoms with Crippen LogP contribution in [0.15, 0.2) is 12.1 Å². The highest BCUT2D eigenvalue weighted by atomic mass is 35.5. The van der Waals surface area contributed by atoms with E-state index in [1.54, 1.807) is 7.11 Å².